The number of unbranched alkanes of at least 4 members (excludes halogenated alkanes) is 4. The van der Waals surface area contributed by atoms with Crippen LogP contribution in [0, 0.1) is 0 Å². The maximum Gasteiger partial charge on any atom is 0.434 e. The fourth-order valence-electron chi connectivity index (χ4n) is 5.62. The van der Waals surface area contributed by atoms with Crippen molar-refractivity contribution in [2.24, 2.45) is 0 Å². The van der Waals surface area contributed by atoms with Gasteiger partial charge in [-0.05, 0) is 81.5 Å². The summed E-state index contributed by atoms with van der Waals surface area (Å²) in [5.74, 6) is -1.38. The largest absolute Gasteiger partial charge is 0.481 e. The first-order chi connectivity index (χ1) is 30.9. The van der Waals surface area contributed by atoms with E-state index in [0.717, 1.165) is 54.4 Å². The van der Waals surface area contributed by atoms with E-state index in [1.165, 1.54) is 10.1 Å². The average molecular weight is 885 g/mol. The number of rotatable bonds is 25. The molecule has 4 aromatic carbocycles. The van der Waals surface area contributed by atoms with Gasteiger partial charge in [0.2, 0.25) is 5.91 Å². The van der Waals surface area contributed by atoms with Gasteiger partial charge in [-0.2, -0.15) is 5.06 Å². The SMILES string of the molecule is CC(C)(C)OC(=O)N(CCCCCNC(=O)OCc1ccccc1)OCc1ccccc1.O=C(O)CCC(=O)N(CCCCCNC(=O)OCc1ccccc1)OCc1ccccc1. The lowest BCUT2D eigenvalue weighted by Gasteiger charge is -2.26. The highest BCUT2D eigenvalue weighted by Gasteiger charge is 2.23. The van der Waals surface area contributed by atoms with Gasteiger partial charge in [-0.3, -0.25) is 19.3 Å². The number of carboxylic acid groups (broad SMARTS) is 1. The number of carbonyl (C=O) groups is 5. The van der Waals surface area contributed by atoms with Gasteiger partial charge in [-0.1, -0.05) is 121 Å². The van der Waals surface area contributed by atoms with E-state index in [2.05, 4.69) is 10.6 Å². The summed E-state index contributed by atoms with van der Waals surface area (Å²) >= 11 is 0. The molecule has 0 saturated heterocycles. The summed E-state index contributed by atoms with van der Waals surface area (Å²) in [6, 6.07) is 38.1. The first kappa shape index (κ1) is 51.9. The highest BCUT2D eigenvalue weighted by molar-refractivity contribution is 5.80. The summed E-state index contributed by atoms with van der Waals surface area (Å²) in [5.41, 5.74) is 3.15. The summed E-state index contributed by atoms with van der Waals surface area (Å²) in [6.45, 7) is 8.17. The molecule has 0 aliphatic heterocycles. The summed E-state index contributed by atoms with van der Waals surface area (Å²) in [6.07, 6.45) is 2.68. The van der Waals surface area contributed by atoms with Gasteiger partial charge in [0.25, 0.3) is 0 Å². The molecule has 64 heavy (non-hydrogen) atoms. The molecule has 346 valence electrons. The molecule has 0 bridgehead atoms. The molecule has 0 saturated carbocycles. The van der Waals surface area contributed by atoms with Crippen LogP contribution in [-0.2, 0) is 59.9 Å². The third kappa shape index (κ3) is 24.9. The molecule has 0 fully saturated rings. The van der Waals surface area contributed by atoms with Crippen molar-refractivity contribution in [3.63, 3.8) is 0 Å². The Bertz CT molecular complexity index is 1920. The van der Waals surface area contributed by atoms with E-state index in [-0.39, 0.29) is 45.2 Å². The number of aliphatic carboxylic acids is 1. The zero-order chi connectivity index (χ0) is 46.3. The molecular formula is C49H64N4O11. The van der Waals surface area contributed by atoms with Crippen molar-refractivity contribution < 1.29 is 53.0 Å². The number of hydroxylamine groups is 4. The average Bonchev–Trinajstić information content (AvgIpc) is 3.29. The fourth-order valence-corrected chi connectivity index (χ4v) is 5.62. The molecule has 0 aromatic heterocycles. The Morgan fingerprint density at radius 3 is 1.27 bits per heavy atom. The van der Waals surface area contributed by atoms with E-state index in [0.29, 0.717) is 32.6 Å². The molecule has 0 radical (unpaired) electrons. The zero-order valence-corrected chi connectivity index (χ0v) is 37.3. The lowest BCUT2D eigenvalue weighted by atomic mass is 10.2. The molecular weight excluding hydrogens is 821 g/mol. The van der Waals surface area contributed by atoms with Crippen LogP contribution in [0.3, 0.4) is 0 Å². The number of hydrogen-bond donors (Lipinski definition) is 3. The number of ether oxygens (including phenoxy) is 3. The van der Waals surface area contributed by atoms with Crippen molar-refractivity contribution in [1.29, 1.82) is 0 Å². The third-order valence-corrected chi connectivity index (χ3v) is 8.93. The predicted molar refractivity (Wildman–Crippen MR) is 241 cm³/mol. The minimum absolute atomic E-state index is 0.112. The van der Waals surface area contributed by atoms with Crippen molar-refractivity contribution in [2.45, 2.75) is 104 Å². The minimum atomic E-state index is -1.02. The van der Waals surface area contributed by atoms with Crippen LogP contribution in [-0.4, -0.2) is 77.2 Å². The van der Waals surface area contributed by atoms with Crippen LogP contribution < -0.4 is 10.6 Å². The molecule has 4 aromatic rings. The van der Waals surface area contributed by atoms with Gasteiger partial charge >= 0.3 is 24.2 Å². The van der Waals surface area contributed by atoms with E-state index >= 15 is 0 Å². The number of carboxylic acids is 1. The zero-order valence-electron chi connectivity index (χ0n) is 37.3. The number of nitrogens with zero attached hydrogens (tertiary/aromatic N) is 2. The molecule has 0 unspecified atom stereocenters. The van der Waals surface area contributed by atoms with Crippen LogP contribution in [0.1, 0.15) is 94.4 Å². The fraction of sp³-hybridized carbons (Fsp3) is 0.408. The van der Waals surface area contributed by atoms with Crippen LogP contribution in [0.5, 0.6) is 0 Å². The van der Waals surface area contributed by atoms with Crippen LogP contribution in [0.15, 0.2) is 121 Å². The van der Waals surface area contributed by atoms with Gasteiger partial charge < -0.3 is 30.0 Å². The van der Waals surface area contributed by atoms with Crippen molar-refractivity contribution in [3.05, 3.63) is 144 Å². The number of alkyl carbamates (subject to hydrolysis) is 2. The molecule has 0 atom stereocenters. The summed E-state index contributed by atoms with van der Waals surface area (Å²) in [5, 5.41) is 16.8. The van der Waals surface area contributed by atoms with Crippen molar-refractivity contribution >= 4 is 30.2 Å². The van der Waals surface area contributed by atoms with Crippen LogP contribution in [0.2, 0.25) is 0 Å². The maximum absolute atomic E-state index is 12.5. The molecule has 4 amide bonds. The summed E-state index contributed by atoms with van der Waals surface area (Å²) in [7, 11) is 0. The van der Waals surface area contributed by atoms with Crippen LogP contribution >= 0.6 is 0 Å². The molecule has 0 spiro atoms. The van der Waals surface area contributed by atoms with Gasteiger partial charge in [0, 0.05) is 26.1 Å². The van der Waals surface area contributed by atoms with E-state index in [1.54, 1.807) is 0 Å². The smallest absolute Gasteiger partial charge is 0.434 e. The molecule has 4 rings (SSSR count). The van der Waals surface area contributed by atoms with Crippen LogP contribution in [0.25, 0.3) is 0 Å². The highest BCUT2D eigenvalue weighted by Crippen LogP contribution is 2.14. The monoisotopic (exact) mass is 884 g/mol. The van der Waals surface area contributed by atoms with Crippen molar-refractivity contribution in [3.8, 4) is 0 Å². The highest BCUT2D eigenvalue weighted by atomic mass is 16.7. The topological polar surface area (TPSA) is 182 Å². The lowest BCUT2D eigenvalue weighted by molar-refractivity contribution is -0.192. The molecule has 15 nitrogen and oxygen atoms in total. The normalized spacial score (nSPS) is 10.7. The van der Waals surface area contributed by atoms with Gasteiger partial charge in [0.05, 0.1) is 13.0 Å². The Balaban J connectivity index is 0.000000340. The Morgan fingerprint density at radius 1 is 0.500 bits per heavy atom. The molecule has 0 heterocycles. The van der Waals surface area contributed by atoms with E-state index in [9.17, 15) is 24.0 Å². The quantitative estimate of drug-likeness (QED) is 0.0328. The number of amides is 4. The van der Waals surface area contributed by atoms with Gasteiger partial charge in [-0.15, -0.1) is 0 Å². The van der Waals surface area contributed by atoms with Gasteiger partial charge in [0.15, 0.2) is 0 Å². The van der Waals surface area contributed by atoms with Crippen molar-refractivity contribution in [1.82, 2.24) is 20.8 Å². The van der Waals surface area contributed by atoms with E-state index in [4.69, 9.17) is 29.0 Å². The Kier molecular flexibility index (Phi) is 24.8. The summed E-state index contributed by atoms with van der Waals surface area (Å²) in [4.78, 5) is 70.5. The second kappa shape index (κ2) is 30.6. The first-order valence-corrected chi connectivity index (χ1v) is 21.6. The Labute approximate surface area is 376 Å². The van der Waals surface area contributed by atoms with Crippen LogP contribution in [0.4, 0.5) is 14.4 Å². The predicted octanol–water partition coefficient (Wildman–Crippen LogP) is 9.36. The minimum Gasteiger partial charge on any atom is -0.481 e. The molecule has 0 aliphatic carbocycles. The Morgan fingerprint density at radius 2 is 0.875 bits per heavy atom. The number of hydrogen-bond acceptors (Lipinski definition) is 10. The number of carbonyl (C=O) groups excluding carboxylic acids is 4. The van der Waals surface area contributed by atoms with E-state index < -0.39 is 29.9 Å². The number of nitrogens with one attached hydrogen (secondary N) is 2. The first-order valence-electron chi connectivity index (χ1n) is 21.6. The second-order valence-corrected chi connectivity index (χ2v) is 15.6. The molecule has 15 heteroatoms. The van der Waals surface area contributed by atoms with Gasteiger partial charge in [-0.25, -0.2) is 19.4 Å². The molecule has 0 aliphatic rings. The third-order valence-electron chi connectivity index (χ3n) is 8.93. The van der Waals surface area contributed by atoms with Crippen molar-refractivity contribution in [2.75, 3.05) is 26.2 Å². The molecule has 3 N–H and O–H groups in total. The van der Waals surface area contributed by atoms with E-state index in [1.807, 2.05) is 142 Å². The maximum atomic E-state index is 12.5. The Hall–Kier alpha value is -6.45. The second-order valence-electron chi connectivity index (χ2n) is 15.6. The standard InChI is InChI=1S/C25H34N2O5.C24H30N2O6/c1-25(2,3)32-24(29)27(31-20-22-15-9-5-10-16-22)18-12-6-11-17-26-23(28)30-19-21-13-7-4-8-14-21;27-22(14-15-23(28)29)26(32-19-21-12-6-2-7-13-21)17-9-3-8-16-25-24(30)31-18-20-10-4-1-5-11-20/h4-5,7-10,13-16H,6,11-12,17-20H2,1-3H3,(H,26,28);1-2,4-7,10-13H,3,8-9,14-19H2,(H,25,30)(H,28,29). The van der Waals surface area contributed by atoms with Gasteiger partial charge in [0.1, 0.15) is 32.0 Å². The number of benzene rings is 4. The summed E-state index contributed by atoms with van der Waals surface area (Å²) < 4.78 is 15.8. The lowest BCUT2D eigenvalue weighted by Crippen LogP contribution is -2.37.